The van der Waals surface area contributed by atoms with Crippen LogP contribution < -0.4 is 5.73 Å². The molecule has 1 rings (SSSR count). The number of hydrogen-bond acceptors (Lipinski definition) is 2. The van der Waals surface area contributed by atoms with Crippen molar-refractivity contribution in [1.29, 1.82) is 0 Å². The smallest absolute Gasteiger partial charge is 0.249 e. The molecule has 1 heterocycles. The van der Waals surface area contributed by atoms with Gasteiger partial charge in [0.25, 0.3) is 0 Å². The molecule has 3 heteroatoms. The Hall–Kier alpha value is -0.830. The Morgan fingerprint density at radius 1 is 1.67 bits per heavy atom. The minimum absolute atomic E-state index is 0.130. The van der Waals surface area contributed by atoms with E-state index in [1.165, 1.54) is 0 Å². The van der Waals surface area contributed by atoms with Crippen molar-refractivity contribution in [3.05, 3.63) is 11.6 Å². The zero-order valence-corrected chi connectivity index (χ0v) is 7.71. The molecule has 1 amide bonds. The van der Waals surface area contributed by atoms with Crippen LogP contribution in [0.15, 0.2) is 11.6 Å². The lowest BCUT2D eigenvalue weighted by Gasteiger charge is -2.15. The Kier molecular flexibility index (Phi) is 2.87. The Morgan fingerprint density at radius 2 is 2.33 bits per heavy atom. The molecule has 68 valence electrons. The van der Waals surface area contributed by atoms with Crippen LogP contribution in [0.2, 0.25) is 0 Å². The second-order valence-corrected chi connectivity index (χ2v) is 3.27. The van der Waals surface area contributed by atoms with E-state index in [1.54, 1.807) is 0 Å². The first-order chi connectivity index (χ1) is 5.65. The van der Waals surface area contributed by atoms with E-state index in [9.17, 15) is 4.79 Å². The lowest BCUT2D eigenvalue weighted by atomic mass is 10.2. The van der Waals surface area contributed by atoms with Gasteiger partial charge in [0.2, 0.25) is 5.91 Å². The summed E-state index contributed by atoms with van der Waals surface area (Å²) in [6.07, 6.45) is 2.77. The summed E-state index contributed by atoms with van der Waals surface area (Å²) in [6, 6.07) is 0.179. The Bertz CT molecular complexity index is 211. The van der Waals surface area contributed by atoms with Crippen molar-refractivity contribution in [2.75, 3.05) is 13.1 Å². The molecule has 2 N–H and O–H groups in total. The molecule has 0 spiro atoms. The van der Waals surface area contributed by atoms with Crippen molar-refractivity contribution in [3.8, 4) is 0 Å². The molecule has 1 fully saturated rings. The first-order valence-electron chi connectivity index (χ1n) is 4.33. The molecule has 12 heavy (non-hydrogen) atoms. The minimum Gasteiger partial charge on any atom is -0.337 e. The third kappa shape index (κ3) is 1.85. The lowest BCUT2D eigenvalue weighted by molar-refractivity contribution is -0.126. The van der Waals surface area contributed by atoms with Gasteiger partial charge in [-0.05, 0) is 20.3 Å². The van der Waals surface area contributed by atoms with Gasteiger partial charge in [-0.15, -0.1) is 0 Å². The highest BCUT2D eigenvalue weighted by molar-refractivity contribution is 5.92. The van der Waals surface area contributed by atoms with Crippen LogP contribution in [0, 0.1) is 0 Å². The van der Waals surface area contributed by atoms with E-state index in [1.807, 2.05) is 24.8 Å². The Labute approximate surface area is 73.2 Å². The third-order valence-electron chi connectivity index (χ3n) is 2.28. The molecule has 0 saturated carbocycles. The summed E-state index contributed by atoms with van der Waals surface area (Å²) in [4.78, 5) is 13.3. The van der Waals surface area contributed by atoms with Crippen molar-refractivity contribution in [1.82, 2.24) is 4.90 Å². The van der Waals surface area contributed by atoms with Gasteiger partial charge in [0.15, 0.2) is 0 Å². The van der Waals surface area contributed by atoms with Crippen LogP contribution in [-0.4, -0.2) is 29.9 Å². The molecular formula is C9H16N2O. The number of allylic oxidation sites excluding steroid dienone is 1. The molecule has 0 aromatic heterocycles. The molecule has 3 nitrogen and oxygen atoms in total. The summed E-state index contributed by atoms with van der Waals surface area (Å²) in [5.74, 6) is 0.130. The van der Waals surface area contributed by atoms with Crippen LogP contribution in [-0.2, 0) is 4.79 Å². The average Bonchev–Trinajstić information content (AvgIpc) is 2.49. The number of carbonyl (C=O) groups is 1. The van der Waals surface area contributed by atoms with E-state index in [2.05, 4.69) is 0 Å². The molecule has 0 aromatic carbocycles. The first kappa shape index (κ1) is 9.26. The molecule has 0 unspecified atom stereocenters. The summed E-state index contributed by atoms with van der Waals surface area (Å²) in [5, 5.41) is 0. The minimum atomic E-state index is 0.130. The summed E-state index contributed by atoms with van der Waals surface area (Å²) in [5.41, 5.74) is 6.50. The van der Waals surface area contributed by atoms with Crippen molar-refractivity contribution >= 4 is 5.91 Å². The van der Waals surface area contributed by atoms with E-state index in [-0.39, 0.29) is 11.9 Å². The monoisotopic (exact) mass is 168 g/mol. The van der Waals surface area contributed by atoms with Gasteiger partial charge in [-0.2, -0.15) is 0 Å². The maximum Gasteiger partial charge on any atom is 0.249 e. The molecule has 0 radical (unpaired) electrons. The highest BCUT2D eigenvalue weighted by atomic mass is 16.2. The number of nitrogens with zero attached hydrogens (tertiary/aromatic N) is 1. The van der Waals surface area contributed by atoms with E-state index in [0.29, 0.717) is 6.54 Å². The normalized spacial score (nSPS) is 24.8. The van der Waals surface area contributed by atoms with Crippen LogP contribution >= 0.6 is 0 Å². The summed E-state index contributed by atoms with van der Waals surface area (Å²) in [6.45, 7) is 5.24. The Morgan fingerprint density at radius 3 is 2.75 bits per heavy atom. The number of carbonyl (C=O) groups excluding carboxylic acids is 1. The maximum absolute atomic E-state index is 11.5. The number of rotatable bonds is 1. The zero-order valence-electron chi connectivity index (χ0n) is 7.71. The van der Waals surface area contributed by atoms with Crippen LogP contribution in [0.3, 0.4) is 0 Å². The second-order valence-electron chi connectivity index (χ2n) is 3.27. The van der Waals surface area contributed by atoms with Crippen LogP contribution in [0.4, 0.5) is 0 Å². The van der Waals surface area contributed by atoms with Gasteiger partial charge in [-0.25, -0.2) is 0 Å². The molecule has 1 saturated heterocycles. The summed E-state index contributed by atoms with van der Waals surface area (Å²) >= 11 is 0. The maximum atomic E-state index is 11.5. The van der Waals surface area contributed by atoms with Crippen molar-refractivity contribution in [3.63, 3.8) is 0 Å². The number of amides is 1. The van der Waals surface area contributed by atoms with Gasteiger partial charge in [0, 0.05) is 24.7 Å². The molecule has 1 aliphatic rings. The fourth-order valence-corrected chi connectivity index (χ4v) is 1.34. The predicted molar refractivity (Wildman–Crippen MR) is 48.6 cm³/mol. The predicted octanol–water partition coefficient (Wildman–Crippen LogP) is 0.512. The largest absolute Gasteiger partial charge is 0.337 e. The second kappa shape index (κ2) is 3.72. The number of likely N-dealkylation sites (tertiary alicyclic amines) is 1. The average molecular weight is 168 g/mol. The number of hydrogen-bond donors (Lipinski definition) is 1. The molecule has 0 aliphatic carbocycles. The van der Waals surface area contributed by atoms with Gasteiger partial charge in [-0.1, -0.05) is 6.08 Å². The topological polar surface area (TPSA) is 46.3 Å². The fourth-order valence-electron chi connectivity index (χ4n) is 1.34. The Balaban J connectivity index is 2.54. The van der Waals surface area contributed by atoms with Crippen molar-refractivity contribution in [2.24, 2.45) is 5.73 Å². The van der Waals surface area contributed by atoms with Crippen LogP contribution in [0.5, 0.6) is 0 Å². The first-order valence-corrected chi connectivity index (χ1v) is 4.33. The SMILES string of the molecule is C/C=C(/C)C(=O)N1CC[C@H](N)C1. The molecular weight excluding hydrogens is 152 g/mol. The van der Waals surface area contributed by atoms with Gasteiger partial charge >= 0.3 is 0 Å². The van der Waals surface area contributed by atoms with Gasteiger partial charge in [0.05, 0.1) is 0 Å². The summed E-state index contributed by atoms with van der Waals surface area (Å²) < 4.78 is 0. The summed E-state index contributed by atoms with van der Waals surface area (Å²) in [7, 11) is 0. The number of nitrogens with two attached hydrogens (primary N) is 1. The standard InChI is InChI=1S/C9H16N2O/c1-3-7(2)9(12)11-5-4-8(10)6-11/h3,8H,4-6,10H2,1-2H3/b7-3-/t8-/m0/s1. The van der Waals surface area contributed by atoms with E-state index in [4.69, 9.17) is 5.73 Å². The van der Waals surface area contributed by atoms with Gasteiger partial charge < -0.3 is 10.6 Å². The van der Waals surface area contributed by atoms with Crippen molar-refractivity contribution in [2.45, 2.75) is 26.3 Å². The van der Waals surface area contributed by atoms with Gasteiger partial charge in [-0.3, -0.25) is 4.79 Å². The lowest BCUT2D eigenvalue weighted by Crippen LogP contribution is -2.32. The highest BCUT2D eigenvalue weighted by Crippen LogP contribution is 2.10. The quantitative estimate of drug-likeness (QED) is 0.580. The van der Waals surface area contributed by atoms with E-state index in [0.717, 1.165) is 18.5 Å². The van der Waals surface area contributed by atoms with Crippen molar-refractivity contribution < 1.29 is 4.79 Å². The van der Waals surface area contributed by atoms with E-state index >= 15 is 0 Å². The van der Waals surface area contributed by atoms with Gasteiger partial charge in [0.1, 0.15) is 0 Å². The highest BCUT2D eigenvalue weighted by Gasteiger charge is 2.23. The van der Waals surface area contributed by atoms with Crippen LogP contribution in [0.25, 0.3) is 0 Å². The fraction of sp³-hybridized carbons (Fsp3) is 0.667. The molecule has 1 atom stereocenters. The zero-order chi connectivity index (χ0) is 9.14. The van der Waals surface area contributed by atoms with Crippen LogP contribution in [0.1, 0.15) is 20.3 Å². The van der Waals surface area contributed by atoms with E-state index < -0.39 is 0 Å². The molecule has 0 aromatic rings. The molecule has 1 aliphatic heterocycles. The molecule has 0 bridgehead atoms. The third-order valence-corrected chi connectivity index (χ3v) is 2.28.